The molecule has 0 aliphatic heterocycles. The highest BCUT2D eigenvalue weighted by Gasteiger charge is 2.25. The van der Waals surface area contributed by atoms with Crippen LogP contribution in [-0.4, -0.2) is 12.7 Å². The van der Waals surface area contributed by atoms with Gasteiger partial charge in [-0.05, 0) is 50.2 Å². The average Bonchev–Trinajstić information content (AvgIpc) is 2.38. The van der Waals surface area contributed by atoms with Gasteiger partial charge in [-0.1, -0.05) is 13.8 Å². The lowest BCUT2D eigenvalue weighted by atomic mass is 9.80. The van der Waals surface area contributed by atoms with E-state index in [9.17, 15) is 0 Å². The van der Waals surface area contributed by atoms with Crippen LogP contribution in [0.2, 0.25) is 0 Å². The van der Waals surface area contributed by atoms with Crippen molar-refractivity contribution in [3.05, 3.63) is 18.2 Å². The topological polar surface area (TPSA) is 44.5 Å². The number of rotatable bonds is 4. The van der Waals surface area contributed by atoms with E-state index in [4.69, 9.17) is 15.2 Å². The number of nitrogens with two attached hydrogens (primary N) is 1. The van der Waals surface area contributed by atoms with Crippen LogP contribution in [0.5, 0.6) is 11.5 Å². The molecule has 106 valence electrons. The quantitative estimate of drug-likeness (QED) is 0.839. The van der Waals surface area contributed by atoms with Gasteiger partial charge in [-0.15, -0.1) is 0 Å². The summed E-state index contributed by atoms with van der Waals surface area (Å²) in [6.45, 7) is 7.22. The second-order valence-corrected chi connectivity index (χ2v) is 5.64. The third kappa shape index (κ3) is 3.55. The SMILES string of the molecule is CCOc1cc(OC2CCC(C)C(C)C2)ccc1N. The lowest BCUT2D eigenvalue weighted by molar-refractivity contribution is 0.100. The summed E-state index contributed by atoms with van der Waals surface area (Å²) in [6.07, 6.45) is 3.85. The monoisotopic (exact) mass is 263 g/mol. The smallest absolute Gasteiger partial charge is 0.145 e. The van der Waals surface area contributed by atoms with E-state index in [1.807, 2.05) is 25.1 Å². The Morgan fingerprint density at radius 3 is 2.68 bits per heavy atom. The van der Waals surface area contributed by atoms with E-state index in [0.29, 0.717) is 18.4 Å². The Morgan fingerprint density at radius 1 is 1.21 bits per heavy atom. The molecule has 1 saturated carbocycles. The Kier molecular flexibility index (Phi) is 4.56. The molecule has 0 aromatic heterocycles. The zero-order valence-corrected chi connectivity index (χ0v) is 12.2. The average molecular weight is 263 g/mol. The highest BCUT2D eigenvalue weighted by molar-refractivity contribution is 5.55. The fourth-order valence-electron chi connectivity index (χ4n) is 2.67. The molecule has 3 heteroatoms. The van der Waals surface area contributed by atoms with Crippen LogP contribution in [0, 0.1) is 11.8 Å². The summed E-state index contributed by atoms with van der Waals surface area (Å²) >= 11 is 0. The molecule has 0 radical (unpaired) electrons. The molecule has 0 amide bonds. The molecule has 0 bridgehead atoms. The maximum absolute atomic E-state index is 6.08. The standard InChI is InChI=1S/C16H25NO2/c1-4-18-16-10-14(7-8-15(16)17)19-13-6-5-11(2)12(3)9-13/h7-8,10-13H,4-6,9,17H2,1-3H3. The predicted octanol–water partition coefficient (Wildman–Crippen LogP) is 3.87. The van der Waals surface area contributed by atoms with Gasteiger partial charge < -0.3 is 15.2 Å². The molecular formula is C16H25NO2. The molecule has 2 rings (SSSR count). The summed E-state index contributed by atoms with van der Waals surface area (Å²) in [4.78, 5) is 0. The highest BCUT2D eigenvalue weighted by atomic mass is 16.5. The Labute approximate surface area is 116 Å². The zero-order chi connectivity index (χ0) is 13.8. The number of nitrogen functional groups attached to an aromatic ring is 1. The first-order valence-corrected chi connectivity index (χ1v) is 7.29. The fourth-order valence-corrected chi connectivity index (χ4v) is 2.67. The first kappa shape index (κ1) is 14.0. The van der Waals surface area contributed by atoms with Crippen LogP contribution in [0.25, 0.3) is 0 Å². The van der Waals surface area contributed by atoms with E-state index in [2.05, 4.69) is 13.8 Å². The van der Waals surface area contributed by atoms with E-state index >= 15 is 0 Å². The van der Waals surface area contributed by atoms with Crippen molar-refractivity contribution in [2.24, 2.45) is 11.8 Å². The van der Waals surface area contributed by atoms with Crippen LogP contribution in [0.15, 0.2) is 18.2 Å². The van der Waals surface area contributed by atoms with Gasteiger partial charge in [0.15, 0.2) is 0 Å². The lowest BCUT2D eigenvalue weighted by Crippen LogP contribution is -2.28. The molecule has 0 spiro atoms. The summed E-state index contributed by atoms with van der Waals surface area (Å²) in [5.41, 5.74) is 6.53. The second kappa shape index (κ2) is 6.18. The number of ether oxygens (including phenoxy) is 2. The minimum absolute atomic E-state index is 0.323. The Bertz CT molecular complexity index is 419. The van der Waals surface area contributed by atoms with Crippen molar-refractivity contribution in [3.8, 4) is 11.5 Å². The van der Waals surface area contributed by atoms with Crippen molar-refractivity contribution >= 4 is 5.69 Å². The Morgan fingerprint density at radius 2 is 2.00 bits per heavy atom. The molecular weight excluding hydrogens is 238 g/mol. The number of anilines is 1. The Balaban J connectivity index is 2.01. The summed E-state index contributed by atoms with van der Waals surface area (Å²) < 4.78 is 11.6. The normalized spacial score (nSPS) is 27.0. The van der Waals surface area contributed by atoms with E-state index in [0.717, 1.165) is 36.2 Å². The maximum Gasteiger partial charge on any atom is 0.145 e. The third-order valence-electron chi connectivity index (χ3n) is 4.14. The highest BCUT2D eigenvalue weighted by Crippen LogP contribution is 2.33. The van der Waals surface area contributed by atoms with Gasteiger partial charge in [0.05, 0.1) is 18.4 Å². The van der Waals surface area contributed by atoms with Gasteiger partial charge in [0.25, 0.3) is 0 Å². The molecule has 1 aromatic rings. The van der Waals surface area contributed by atoms with E-state index < -0.39 is 0 Å². The molecule has 2 N–H and O–H groups in total. The minimum atomic E-state index is 0.323. The molecule has 0 saturated heterocycles. The molecule has 1 aromatic carbocycles. The first-order valence-electron chi connectivity index (χ1n) is 7.29. The molecule has 3 nitrogen and oxygen atoms in total. The van der Waals surface area contributed by atoms with Crippen molar-refractivity contribution in [3.63, 3.8) is 0 Å². The van der Waals surface area contributed by atoms with Crippen molar-refractivity contribution in [2.45, 2.75) is 46.1 Å². The molecule has 1 aliphatic rings. The van der Waals surface area contributed by atoms with E-state index in [1.54, 1.807) is 0 Å². The Hall–Kier alpha value is -1.38. The summed E-state index contributed by atoms with van der Waals surface area (Å²) in [5, 5.41) is 0. The first-order chi connectivity index (χ1) is 9.10. The van der Waals surface area contributed by atoms with E-state index in [1.165, 1.54) is 6.42 Å². The van der Waals surface area contributed by atoms with Gasteiger partial charge in [0, 0.05) is 6.07 Å². The molecule has 1 aliphatic carbocycles. The fraction of sp³-hybridized carbons (Fsp3) is 0.625. The molecule has 3 atom stereocenters. The number of hydrogen-bond donors (Lipinski definition) is 1. The van der Waals surface area contributed by atoms with Crippen molar-refractivity contribution < 1.29 is 9.47 Å². The lowest BCUT2D eigenvalue weighted by Gasteiger charge is -2.32. The third-order valence-corrected chi connectivity index (χ3v) is 4.14. The van der Waals surface area contributed by atoms with Crippen LogP contribution in [0.3, 0.4) is 0 Å². The predicted molar refractivity (Wildman–Crippen MR) is 78.6 cm³/mol. The molecule has 0 heterocycles. The van der Waals surface area contributed by atoms with Gasteiger partial charge in [0.2, 0.25) is 0 Å². The molecule has 19 heavy (non-hydrogen) atoms. The maximum atomic E-state index is 6.08. The van der Waals surface area contributed by atoms with Crippen molar-refractivity contribution in [1.29, 1.82) is 0 Å². The van der Waals surface area contributed by atoms with Gasteiger partial charge >= 0.3 is 0 Å². The molecule has 1 fully saturated rings. The van der Waals surface area contributed by atoms with Gasteiger partial charge in [-0.25, -0.2) is 0 Å². The minimum Gasteiger partial charge on any atom is -0.492 e. The van der Waals surface area contributed by atoms with Gasteiger partial charge in [0.1, 0.15) is 11.5 Å². The molecule has 3 unspecified atom stereocenters. The van der Waals surface area contributed by atoms with Gasteiger partial charge in [-0.2, -0.15) is 0 Å². The number of benzene rings is 1. The van der Waals surface area contributed by atoms with E-state index in [-0.39, 0.29) is 0 Å². The van der Waals surface area contributed by atoms with Crippen molar-refractivity contribution in [2.75, 3.05) is 12.3 Å². The summed E-state index contributed by atoms with van der Waals surface area (Å²) in [6, 6.07) is 5.69. The van der Waals surface area contributed by atoms with Crippen LogP contribution in [-0.2, 0) is 0 Å². The number of hydrogen-bond acceptors (Lipinski definition) is 3. The van der Waals surface area contributed by atoms with Crippen LogP contribution in [0.4, 0.5) is 5.69 Å². The van der Waals surface area contributed by atoms with Crippen molar-refractivity contribution in [1.82, 2.24) is 0 Å². The summed E-state index contributed by atoms with van der Waals surface area (Å²) in [7, 11) is 0. The van der Waals surface area contributed by atoms with Crippen LogP contribution in [0.1, 0.15) is 40.0 Å². The zero-order valence-electron chi connectivity index (χ0n) is 12.2. The van der Waals surface area contributed by atoms with Crippen LogP contribution >= 0.6 is 0 Å². The van der Waals surface area contributed by atoms with Crippen LogP contribution < -0.4 is 15.2 Å². The van der Waals surface area contributed by atoms with Gasteiger partial charge in [-0.3, -0.25) is 0 Å². The summed E-state index contributed by atoms with van der Waals surface area (Å²) in [5.74, 6) is 3.13. The largest absolute Gasteiger partial charge is 0.492 e. The second-order valence-electron chi connectivity index (χ2n) is 5.64.